The molecule has 0 aliphatic heterocycles. The minimum absolute atomic E-state index is 0.0848. The minimum atomic E-state index is -0.813. The van der Waals surface area contributed by atoms with E-state index in [9.17, 15) is 14.4 Å². The second-order valence-corrected chi connectivity index (χ2v) is 7.79. The summed E-state index contributed by atoms with van der Waals surface area (Å²) in [7, 11) is 0. The number of hydrogen-bond donors (Lipinski definition) is 3. The Balaban J connectivity index is 1.49. The summed E-state index contributed by atoms with van der Waals surface area (Å²) in [6.07, 6.45) is 6.98. The topological polar surface area (TPSA) is 95.5 Å². The van der Waals surface area contributed by atoms with Crippen molar-refractivity contribution in [3.63, 3.8) is 0 Å². The highest BCUT2D eigenvalue weighted by molar-refractivity contribution is 5.92. The molecule has 2 atom stereocenters. The molecule has 0 spiro atoms. The molecule has 0 aromatic heterocycles. The molecule has 2 aliphatic carbocycles. The van der Waals surface area contributed by atoms with Crippen LogP contribution in [0.3, 0.4) is 0 Å². The van der Waals surface area contributed by atoms with Crippen LogP contribution in [-0.2, 0) is 20.9 Å². The zero-order valence-electron chi connectivity index (χ0n) is 15.6. The first-order chi connectivity index (χ1) is 13.0. The van der Waals surface area contributed by atoms with Crippen molar-refractivity contribution in [2.24, 2.45) is 17.8 Å². The molecule has 6 nitrogen and oxygen atoms in total. The molecule has 0 unspecified atom stereocenters. The standard InChI is InChI=1S/C21H28N2O4/c24-19(16-9-10-17(12-16)21(26)27)22-13-14-5-4-8-18(11-14)23-20(25)15-6-2-1-3-7-15/h4-5,8,11,15-17H,1-3,6-7,9-10,12-13H2,(H,22,24)(H,23,25)(H,26,27)/t16-,17+/m0/s1. The van der Waals surface area contributed by atoms with Crippen molar-refractivity contribution in [3.8, 4) is 0 Å². The molecule has 0 saturated heterocycles. The first-order valence-corrected chi connectivity index (χ1v) is 9.93. The third-order valence-corrected chi connectivity index (χ3v) is 5.79. The quantitative estimate of drug-likeness (QED) is 0.714. The van der Waals surface area contributed by atoms with E-state index in [1.165, 1.54) is 6.42 Å². The number of carbonyl (C=O) groups is 3. The maximum Gasteiger partial charge on any atom is 0.306 e. The normalized spacial score (nSPS) is 23.0. The van der Waals surface area contributed by atoms with E-state index >= 15 is 0 Å². The Hall–Kier alpha value is -2.37. The van der Waals surface area contributed by atoms with Gasteiger partial charge in [-0.2, -0.15) is 0 Å². The van der Waals surface area contributed by atoms with Crippen LogP contribution in [0.2, 0.25) is 0 Å². The molecule has 1 aromatic carbocycles. The Bertz CT molecular complexity index is 697. The average Bonchev–Trinajstić information content (AvgIpc) is 3.18. The van der Waals surface area contributed by atoms with Crippen molar-refractivity contribution in [2.75, 3.05) is 5.32 Å². The second-order valence-electron chi connectivity index (χ2n) is 7.79. The average molecular weight is 372 g/mol. The Morgan fingerprint density at radius 1 is 0.926 bits per heavy atom. The minimum Gasteiger partial charge on any atom is -0.481 e. The Morgan fingerprint density at radius 2 is 1.67 bits per heavy atom. The molecular weight excluding hydrogens is 344 g/mol. The number of benzene rings is 1. The van der Waals surface area contributed by atoms with Gasteiger partial charge in [-0.3, -0.25) is 14.4 Å². The fourth-order valence-corrected chi connectivity index (χ4v) is 4.15. The number of anilines is 1. The molecule has 27 heavy (non-hydrogen) atoms. The van der Waals surface area contributed by atoms with Gasteiger partial charge in [-0.1, -0.05) is 31.4 Å². The smallest absolute Gasteiger partial charge is 0.306 e. The van der Waals surface area contributed by atoms with Crippen LogP contribution >= 0.6 is 0 Å². The van der Waals surface area contributed by atoms with Gasteiger partial charge >= 0.3 is 5.97 Å². The van der Waals surface area contributed by atoms with Crippen LogP contribution in [0.4, 0.5) is 5.69 Å². The van der Waals surface area contributed by atoms with Crippen molar-refractivity contribution in [3.05, 3.63) is 29.8 Å². The number of carboxylic acids is 1. The van der Waals surface area contributed by atoms with Gasteiger partial charge in [-0.05, 0) is 49.8 Å². The van der Waals surface area contributed by atoms with E-state index < -0.39 is 11.9 Å². The van der Waals surface area contributed by atoms with Crippen LogP contribution in [0.15, 0.2) is 24.3 Å². The number of amides is 2. The summed E-state index contributed by atoms with van der Waals surface area (Å²) >= 11 is 0. The van der Waals surface area contributed by atoms with E-state index in [0.29, 0.717) is 25.8 Å². The summed E-state index contributed by atoms with van der Waals surface area (Å²) in [5.41, 5.74) is 1.67. The number of nitrogens with one attached hydrogen (secondary N) is 2. The van der Waals surface area contributed by atoms with Crippen molar-refractivity contribution >= 4 is 23.5 Å². The van der Waals surface area contributed by atoms with Crippen molar-refractivity contribution < 1.29 is 19.5 Å². The number of carbonyl (C=O) groups excluding carboxylic acids is 2. The zero-order chi connectivity index (χ0) is 19.2. The highest BCUT2D eigenvalue weighted by atomic mass is 16.4. The molecule has 2 amide bonds. The van der Waals surface area contributed by atoms with Gasteiger partial charge < -0.3 is 15.7 Å². The van der Waals surface area contributed by atoms with Crippen LogP contribution in [0.5, 0.6) is 0 Å². The largest absolute Gasteiger partial charge is 0.481 e. The number of rotatable bonds is 6. The molecule has 2 aliphatic rings. The van der Waals surface area contributed by atoms with Crippen LogP contribution in [0.1, 0.15) is 56.9 Å². The lowest BCUT2D eigenvalue weighted by Gasteiger charge is -2.21. The molecule has 146 valence electrons. The van der Waals surface area contributed by atoms with E-state index in [2.05, 4.69) is 10.6 Å². The van der Waals surface area contributed by atoms with Gasteiger partial charge in [0.25, 0.3) is 0 Å². The first-order valence-electron chi connectivity index (χ1n) is 9.93. The lowest BCUT2D eigenvalue weighted by Crippen LogP contribution is -2.29. The first kappa shape index (κ1) is 19.4. The summed E-state index contributed by atoms with van der Waals surface area (Å²) in [4.78, 5) is 35.7. The van der Waals surface area contributed by atoms with Gasteiger partial charge in [-0.15, -0.1) is 0 Å². The number of carboxylic acid groups (broad SMARTS) is 1. The molecule has 0 radical (unpaired) electrons. The summed E-state index contributed by atoms with van der Waals surface area (Å²) in [6, 6.07) is 7.52. The molecule has 2 fully saturated rings. The van der Waals surface area contributed by atoms with Gasteiger partial charge in [0.05, 0.1) is 5.92 Å². The van der Waals surface area contributed by atoms with Crippen LogP contribution < -0.4 is 10.6 Å². The van der Waals surface area contributed by atoms with E-state index in [-0.39, 0.29) is 23.7 Å². The van der Waals surface area contributed by atoms with E-state index in [0.717, 1.165) is 36.9 Å². The zero-order valence-corrected chi connectivity index (χ0v) is 15.6. The van der Waals surface area contributed by atoms with Crippen molar-refractivity contribution in [2.45, 2.75) is 57.9 Å². The third kappa shape index (κ3) is 5.31. The Labute approximate surface area is 159 Å². The maximum atomic E-state index is 12.4. The summed E-state index contributed by atoms with van der Waals surface area (Å²) in [5, 5.41) is 14.9. The highest BCUT2D eigenvalue weighted by Gasteiger charge is 2.33. The van der Waals surface area contributed by atoms with Gasteiger partial charge in [0, 0.05) is 24.1 Å². The summed E-state index contributed by atoms with van der Waals surface area (Å²) in [6.45, 7) is 0.375. The SMILES string of the molecule is O=C(Nc1cccc(CNC(=O)[C@H]2CC[C@@H](C(=O)O)C2)c1)C1CCCCC1. The van der Waals surface area contributed by atoms with Crippen LogP contribution in [-0.4, -0.2) is 22.9 Å². The fourth-order valence-electron chi connectivity index (χ4n) is 4.15. The van der Waals surface area contributed by atoms with E-state index in [1.54, 1.807) is 0 Å². The molecule has 3 rings (SSSR count). The molecule has 1 aromatic rings. The summed E-state index contributed by atoms with van der Waals surface area (Å²) < 4.78 is 0. The van der Waals surface area contributed by atoms with Crippen LogP contribution in [0, 0.1) is 17.8 Å². The predicted molar refractivity (Wildman–Crippen MR) is 102 cm³/mol. The van der Waals surface area contributed by atoms with E-state index in [1.807, 2.05) is 24.3 Å². The fraction of sp³-hybridized carbons (Fsp3) is 0.571. The lowest BCUT2D eigenvalue weighted by molar-refractivity contribution is -0.141. The molecule has 0 bridgehead atoms. The number of hydrogen-bond acceptors (Lipinski definition) is 3. The van der Waals surface area contributed by atoms with Gasteiger partial charge in [0.15, 0.2) is 0 Å². The molecule has 2 saturated carbocycles. The number of aliphatic carboxylic acids is 1. The van der Waals surface area contributed by atoms with Crippen LogP contribution in [0.25, 0.3) is 0 Å². The molecule has 3 N–H and O–H groups in total. The molecule has 0 heterocycles. The highest BCUT2D eigenvalue weighted by Crippen LogP contribution is 2.31. The predicted octanol–water partition coefficient (Wildman–Crippen LogP) is 3.32. The van der Waals surface area contributed by atoms with Gasteiger partial charge in [-0.25, -0.2) is 0 Å². The van der Waals surface area contributed by atoms with Gasteiger partial charge in [0.2, 0.25) is 11.8 Å². The van der Waals surface area contributed by atoms with Gasteiger partial charge in [0.1, 0.15) is 0 Å². The molecule has 6 heteroatoms. The van der Waals surface area contributed by atoms with E-state index in [4.69, 9.17) is 5.11 Å². The second kappa shape index (κ2) is 9.02. The summed E-state index contributed by atoms with van der Waals surface area (Å²) in [5.74, 6) is -1.34. The molecular formula is C21H28N2O4. The monoisotopic (exact) mass is 372 g/mol. The Kier molecular flexibility index (Phi) is 6.48. The maximum absolute atomic E-state index is 12.4. The lowest BCUT2D eigenvalue weighted by atomic mass is 9.88. The van der Waals surface area contributed by atoms with Crippen molar-refractivity contribution in [1.29, 1.82) is 0 Å². The van der Waals surface area contributed by atoms with Crippen molar-refractivity contribution in [1.82, 2.24) is 5.32 Å². The third-order valence-electron chi connectivity index (χ3n) is 5.79. The Morgan fingerprint density at radius 3 is 2.37 bits per heavy atom.